The molecule has 104 valence electrons. The highest BCUT2D eigenvalue weighted by molar-refractivity contribution is 5.14. The van der Waals surface area contributed by atoms with E-state index in [1.807, 2.05) is 0 Å². The van der Waals surface area contributed by atoms with E-state index < -0.39 is 0 Å². The summed E-state index contributed by atoms with van der Waals surface area (Å²) in [4.78, 5) is 5.04. The lowest BCUT2D eigenvalue weighted by molar-refractivity contribution is 0.0481. The molecule has 2 heterocycles. The normalized spacial score (nSPS) is 29.7. The number of hydrogen-bond acceptors (Lipinski definition) is 3. The molecule has 0 amide bonds. The van der Waals surface area contributed by atoms with Crippen molar-refractivity contribution in [1.82, 2.24) is 9.80 Å². The van der Waals surface area contributed by atoms with E-state index in [0.29, 0.717) is 6.04 Å². The predicted octanol–water partition coefficient (Wildman–Crippen LogP) is 1.72. The average Bonchev–Trinajstić information content (AvgIpc) is 2.88. The van der Waals surface area contributed by atoms with E-state index in [4.69, 9.17) is 0 Å². The highest BCUT2D eigenvalue weighted by Gasteiger charge is 2.30. The third kappa shape index (κ3) is 3.35. The molecule has 0 aromatic heterocycles. The first kappa shape index (κ1) is 13.1. The SMILES string of the molecule is O[C@H]1CCCN(C2CCN(Cc3ccccc3)C2)C1. The molecule has 3 heteroatoms. The standard InChI is InChI=1S/C16H24N2O/c19-16-7-4-9-18(13-16)15-8-10-17(12-15)11-14-5-2-1-3-6-14/h1-3,5-6,15-16,19H,4,7-13H2/t15?,16-/m0/s1. The van der Waals surface area contributed by atoms with Crippen LogP contribution < -0.4 is 0 Å². The second kappa shape index (κ2) is 6.04. The highest BCUT2D eigenvalue weighted by atomic mass is 16.3. The van der Waals surface area contributed by atoms with Gasteiger partial charge in [0.1, 0.15) is 0 Å². The highest BCUT2D eigenvalue weighted by Crippen LogP contribution is 2.21. The van der Waals surface area contributed by atoms with E-state index in [-0.39, 0.29) is 6.10 Å². The van der Waals surface area contributed by atoms with Gasteiger partial charge in [0.2, 0.25) is 0 Å². The first-order valence-corrected chi connectivity index (χ1v) is 7.49. The van der Waals surface area contributed by atoms with Gasteiger partial charge in [0.25, 0.3) is 0 Å². The van der Waals surface area contributed by atoms with Crippen LogP contribution in [0.2, 0.25) is 0 Å². The maximum Gasteiger partial charge on any atom is 0.0667 e. The monoisotopic (exact) mass is 260 g/mol. The van der Waals surface area contributed by atoms with Gasteiger partial charge in [-0.2, -0.15) is 0 Å². The lowest BCUT2D eigenvalue weighted by Crippen LogP contribution is -2.45. The number of rotatable bonds is 3. The summed E-state index contributed by atoms with van der Waals surface area (Å²) in [6.45, 7) is 5.45. The van der Waals surface area contributed by atoms with E-state index in [9.17, 15) is 5.11 Å². The minimum atomic E-state index is -0.100. The number of nitrogens with zero attached hydrogens (tertiary/aromatic N) is 2. The first-order valence-electron chi connectivity index (χ1n) is 7.49. The van der Waals surface area contributed by atoms with Crippen molar-refractivity contribution in [2.45, 2.75) is 38.0 Å². The fourth-order valence-corrected chi connectivity index (χ4v) is 3.41. The Morgan fingerprint density at radius 3 is 2.68 bits per heavy atom. The number of likely N-dealkylation sites (tertiary alicyclic amines) is 2. The Kier molecular flexibility index (Phi) is 4.16. The van der Waals surface area contributed by atoms with Crippen molar-refractivity contribution in [3.63, 3.8) is 0 Å². The van der Waals surface area contributed by atoms with Crippen molar-refractivity contribution in [3.8, 4) is 0 Å². The maximum atomic E-state index is 9.79. The van der Waals surface area contributed by atoms with Crippen molar-refractivity contribution >= 4 is 0 Å². The number of aliphatic hydroxyl groups is 1. The van der Waals surface area contributed by atoms with Crippen molar-refractivity contribution in [2.75, 3.05) is 26.2 Å². The molecule has 1 unspecified atom stereocenters. The second-order valence-corrected chi connectivity index (χ2v) is 5.95. The molecule has 0 bridgehead atoms. The van der Waals surface area contributed by atoms with Crippen LogP contribution in [-0.4, -0.2) is 53.2 Å². The van der Waals surface area contributed by atoms with Crippen LogP contribution in [0, 0.1) is 0 Å². The molecule has 0 spiro atoms. The lowest BCUT2D eigenvalue weighted by atomic mass is 10.1. The Labute approximate surface area is 115 Å². The molecule has 2 aliphatic rings. The second-order valence-electron chi connectivity index (χ2n) is 5.95. The Hall–Kier alpha value is -0.900. The van der Waals surface area contributed by atoms with E-state index in [1.165, 1.54) is 25.1 Å². The summed E-state index contributed by atoms with van der Waals surface area (Å²) in [6, 6.07) is 11.4. The van der Waals surface area contributed by atoms with Gasteiger partial charge in [-0.1, -0.05) is 30.3 Å². The molecule has 1 N–H and O–H groups in total. The van der Waals surface area contributed by atoms with Crippen LogP contribution in [0.4, 0.5) is 0 Å². The van der Waals surface area contributed by atoms with Crippen LogP contribution in [0.3, 0.4) is 0 Å². The van der Waals surface area contributed by atoms with Gasteiger partial charge in [0, 0.05) is 32.2 Å². The maximum absolute atomic E-state index is 9.79. The summed E-state index contributed by atoms with van der Waals surface area (Å²) >= 11 is 0. The van der Waals surface area contributed by atoms with Crippen molar-refractivity contribution < 1.29 is 5.11 Å². The lowest BCUT2D eigenvalue weighted by Gasteiger charge is -2.34. The zero-order chi connectivity index (χ0) is 13.1. The molecule has 2 atom stereocenters. The Morgan fingerprint density at radius 1 is 1.05 bits per heavy atom. The van der Waals surface area contributed by atoms with Crippen LogP contribution in [0.15, 0.2) is 30.3 Å². The van der Waals surface area contributed by atoms with Crippen LogP contribution in [0.25, 0.3) is 0 Å². The molecule has 2 aliphatic heterocycles. The quantitative estimate of drug-likeness (QED) is 0.896. The smallest absolute Gasteiger partial charge is 0.0667 e. The predicted molar refractivity (Wildman–Crippen MR) is 76.9 cm³/mol. The summed E-state index contributed by atoms with van der Waals surface area (Å²) in [5.41, 5.74) is 1.40. The van der Waals surface area contributed by atoms with Crippen LogP contribution in [-0.2, 0) is 6.54 Å². The summed E-state index contributed by atoms with van der Waals surface area (Å²) in [7, 11) is 0. The Morgan fingerprint density at radius 2 is 1.89 bits per heavy atom. The van der Waals surface area contributed by atoms with Gasteiger partial charge in [0.15, 0.2) is 0 Å². The number of piperidine rings is 1. The van der Waals surface area contributed by atoms with Crippen molar-refractivity contribution in [3.05, 3.63) is 35.9 Å². The van der Waals surface area contributed by atoms with Crippen molar-refractivity contribution in [1.29, 1.82) is 0 Å². The minimum absolute atomic E-state index is 0.100. The van der Waals surface area contributed by atoms with Crippen LogP contribution in [0.1, 0.15) is 24.8 Å². The van der Waals surface area contributed by atoms with Crippen LogP contribution in [0.5, 0.6) is 0 Å². The number of aliphatic hydroxyl groups excluding tert-OH is 1. The average molecular weight is 260 g/mol. The van der Waals surface area contributed by atoms with E-state index >= 15 is 0 Å². The third-order valence-corrected chi connectivity index (χ3v) is 4.44. The largest absolute Gasteiger partial charge is 0.392 e. The molecule has 0 aliphatic carbocycles. The van der Waals surface area contributed by atoms with E-state index in [0.717, 1.165) is 32.5 Å². The summed E-state index contributed by atoms with van der Waals surface area (Å²) in [5.74, 6) is 0. The zero-order valence-electron chi connectivity index (χ0n) is 11.5. The van der Waals surface area contributed by atoms with Gasteiger partial charge in [-0.05, 0) is 31.4 Å². The van der Waals surface area contributed by atoms with Gasteiger partial charge >= 0.3 is 0 Å². The van der Waals surface area contributed by atoms with Crippen molar-refractivity contribution in [2.24, 2.45) is 0 Å². The topological polar surface area (TPSA) is 26.7 Å². The number of β-amino-alcohol motifs (C(OH)–C–C–N with tert-alkyl or cyclic N) is 1. The van der Waals surface area contributed by atoms with Gasteiger partial charge in [-0.25, -0.2) is 0 Å². The summed E-state index contributed by atoms with van der Waals surface area (Å²) in [5, 5.41) is 9.79. The Balaban J connectivity index is 1.52. The van der Waals surface area contributed by atoms with Gasteiger partial charge in [0.05, 0.1) is 6.10 Å². The molecule has 3 rings (SSSR count). The van der Waals surface area contributed by atoms with Gasteiger partial charge in [-0.15, -0.1) is 0 Å². The summed E-state index contributed by atoms with van der Waals surface area (Å²) < 4.78 is 0. The minimum Gasteiger partial charge on any atom is -0.392 e. The number of benzene rings is 1. The molecular weight excluding hydrogens is 236 g/mol. The van der Waals surface area contributed by atoms with Crippen LogP contribution >= 0.6 is 0 Å². The third-order valence-electron chi connectivity index (χ3n) is 4.44. The molecule has 0 saturated carbocycles. The molecule has 1 aromatic carbocycles. The van der Waals surface area contributed by atoms with E-state index in [1.54, 1.807) is 0 Å². The first-order chi connectivity index (χ1) is 9.31. The summed E-state index contributed by atoms with van der Waals surface area (Å²) in [6.07, 6.45) is 3.28. The fraction of sp³-hybridized carbons (Fsp3) is 0.625. The molecular formula is C16H24N2O. The molecule has 2 fully saturated rings. The number of hydrogen-bond donors (Lipinski definition) is 1. The zero-order valence-corrected chi connectivity index (χ0v) is 11.5. The van der Waals surface area contributed by atoms with Gasteiger partial charge < -0.3 is 5.11 Å². The molecule has 3 nitrogen and oxygen atoms in total. The Bertz CT molecular complexity index is 395. The van der Waals surface area contributed by atoms with E-state index in [2.05, 4.69) is 40.1 Å². The fourth-order valence-electron chi connectivity index (χ4n) is 3.41. The molecule has 0 radical (unpaired) electrons. The molecule has 19 heavy (non-hydrogen) atoms. The molecule has 2 saturated heterocycles. The molecule has 1 aromatic rings. The van der Waals surface area contributed by atoms with Gasteiger partial charge in [-0.3, -0.25) is 9.80 Å².